The number of rotatable bonds is 0. The van der Waals surface area contributed by atoms with Gasteiger partial charge in [0.25, 0.3) is 5.24 Å². The minimum absolute atomic E-state index is 0.984. The van der Waals surface area contributed by atoms with Gasteiger partial charge in [0.05, 0.1) is 0 Å². The van der Waals surface area contributed by atoms with E-state index >= 15 is 0 Å². The predicted octanol–water partition coefficient (Wildman–Crippen LogP) is -0.763. The summed E-state index contributed by atoms with van der Waals surface area (Å²) in [5.41, 5.74) is 0. The van der Waals surface area contributed by atoms with Crippen LogP contribution in [0.1, 0.15) is 0 Å². The van der Waals surface area contributed by atoms with Crippen LogP contribution in [0.25, 0.3) is 0 Å². The first kappa shape index (κ1) is 7.96. The van der Waals surface area contributed by atoms with Crippen LogP contribution in [-0.4, -0.2) is 22.2 Å². The maximum atomic E-state index is 9.97. The second-order valence-corrected chi connectivity index (χ2v) is 1.47. The zero-order chi connectivity index (χ0) is 7.44. The van der Waals surface area contributed by atoms with Gasteiger partial charge >= 0.3 is 11.9 Å². The third kappa shape index (κ3) is 3.53. The van der Waals surface area contributed by atoms with Crippen LogP contribution in [0.2, 0.25) is 0 Å². The molecule has 0 rings (SSSR count). The van der Waals surface area contributed by atoms with Gasteiger partial charge in [0.15, 0.2) is 0 Å². The van der Waals surface area contributed by atoms with Crippen molar-refractivity contribution in [1.82, 2.24) is 5.32 Å². The van der Waals surface area contributed by atoms with E-state index in [4.69, 9.17) is 5.11 Å². The molecule has 0 aromatic carbocycles. The summed E-state index contributed by atoms with van der Waals surface area (Å²) in [5.74, 6) is -3.09. The third-order valence-corrected chi connectivity index (χ3v) is 0.527. The number of hydrogen-bond donors (Lipinski definition) is 3. The highest BCUT2D eigenvalue weighted by molar-refractivity contribution is 7.96. The van der Waals surface area contributed by atoms with Gasteiger partial charge in [-0.15, -0.1) is 0 Å². The van der Waals surface area contributed by atoms with Crippen molar-refractivity contribution in [2.75, 3.05) is 0 Å². The lowest BCUT2D eigenvalue weighted by Gasteiger charge is -1.90. The van der Waals surface area contributed by atoms with Crippen molar-refractivity contribution in [2.24, 2.45) is 0 Å². The molecule has 50 valence electrons. The molecule has 6 heteroatoms. The largest absolute Gasteiger partial charge is 0.474 e. The van der Waals surface area contributed by atoms with Gasteiger partial charge in [-0.25, -0.2) is 4.79 Å². The van der Waals surface area contributed by atoms with Crippen LogP contribution >= 0.6 is 12.6 Å². The first-order valence-electron chi connectivity index (χ1n) is 1.81. The molecule has 2 amide bonds. The van der Waals surface area contributed by atoms with Crippen molar-refractivity contribution in [3.8, 4) is 0 Å². The number of carboxylic acid groups (broad SMARTS) is 1. The van der Waals surface area contributed by atoms with E-state index in [9.17, 15) is 14.4 Å². The van der Waals surface area contributed by atoms with E-state index in [-0.39, 0.29) is 0 Å². The summed E-state index contributed by atoms with van der Waals surface area (Å²) in [6.45, 7) is 0. The molecule has 0 aliphatic heterocycles. The Bertz CT molecular complexity index is 165. The fraction of sp³-hybridized carbons (Fsp3) is 0. The Kier molecular flexibility index (Phi) is 2.72. The van der Waals surface area contributed by atoms with E-state index in [0.717, 1.165) is 0 Å². The molecular formula is C3H3NO4S. The quantitative estimate of drug-likeness (QED) is 0.312. The van der Waals surface area contributed by atoms with Gasteiger partial charge in [0.1, 0.15) is 0 Å². The Morgan fingerprint density at radius 1 is 1.33 bits per heavy atom. The van der Waals surface area contributed by atoms with Gasteiger partial charge in [-0.1, -0.05) is 12.6 Å². The first-order chi connectivity index (χ1) is 4.04. The molecule has 0 saturated carbocycles. The average Bonchev–Trinajstić information content (AvgIpc) is 1.63. The van der Waals surface area contributed by atoms with Gasteiger partial charge in [0, 0.05) is 0 Å². The molecule has 0 spiro atoms. The molecule has 0 saturated heterocycles. The Labute approximate surface area is 55.5 Å². The summed E-state index contributed by atoms with van der Waals surface area (Å²) in [6.07, 6.45) is 0. The lowest BCUT2D eigenvalue weighted by Crippen LogP contribution is -2.32. The summed E-state index contributed by atoms with van der Waals surface area (Å²) in [4.78, 5) is 29.4. The summed E-state index contributed by atoms with van der Waals surface area (Å²) >= 11 is 3.10. The second kappa shape index (κ2) is 3.08. The highest BCUT2D eigenvalue weighted by Gasteiger charge is 2.11. The number of thiol groups is 1. The molecule has 0 radical (unpaired) electrons. The second-order valence-electron chi connectivity index (χ2n) is 1.06. The maximum absolute atomic E-state index is 9.97. The van der Waals surface area contributed by atoms with Gasteiger partial charge < -0.3 is 5.11 Å². The molecule has 0 bridgehead atoms. The molecule has 0 aromatic heterocycles. The van der Waals surface area contributed by atoms with Crippen molar-refractivity contribution in [3.05, 3.63) is 0 Å². The molecule has 9 heavy (non-hydrogen) atoms. The lowest BCUT2D eigenvalue weighted by molar-refractivity contribution is -0.149. The van der Waals surface area contributed by atoms with Crippen molar-refractivity contribution < 1.29 is 19.5 Å². The van der Waals surface area contributed by atoms with Crippen molar-refractivity contribution in [2.45, 2.75) is 0 Å². The monoisotopic (exact) mass is 149 g/mol. The van der Waals surface area contributed by atoms with Crippen LogP contribution in [0.15, 0.2) is 0 Å². The number of nitrogens with one attached hydrogen (secondary N) is 1. The van der Waals surface area contributed by atoms with E-state index in [1.54, 1.807) is 0 Å². The number of amides is 2. The number of carboxylic acids is 1. The summed E-state index contributed by atoms with van der Waals surface area (Å²) < 4.78 is 0. The van der Waals surface area contributed by atoms with Crippen molar-refractivity contribution in [3.63, 3.8) is 0 Å². The maximum Gasteiger partial charge on any atom is 0.394 e. The normalized spacial score (nSPS) is 8.11. The van der Waals surface area contributed by atoms with Crippen molar-refractivity contribution >= 4 is 29.7 Å². The molecule has 0 aromatic rings. The van der Waals surface area contributed by atoms with Gasteiger partial charge in [-0.2, -0.15) is 0 Å². The van der Waals surface area contributed by atoms with E-state index < -0.39 is 17.1 Å². The van der Waals surface area contributed by atoms with Crippen LogP contribution in [0, 0.1) is 0 Å². The molecular weight excluding hydrogens is 146 g/mol. The summed E-state index contributed by atoms with van der Waals surface area (Å²) in [7, 11) is 0. The molecule has 0 aliphatic carbocycles. The zero-order valence-electron chi connectivity index (χ0n) is 4.12. The van der Waals surface area contributed by atoms with Crippen LogP contribution in [0.4, 0.5) is 4.79 Å². The number of hydrogen-bond acceptors (Lipinski definition) is 3. The number of aliphatic carboxylic acids is 1. The summed E-state index contributed by atoms with van der Waals surface area (Å²) in [6, 6.07) is 0. The SMILES string of the molecule is O=C(S)NC(=O)C(=O)O. The fourth-order valence-corrected chi connectivity index (χ4v) is 0.252. The van der Waals surface area contributed by atoms with E-state index in [1.165, 1.54) is 5.32 Å². The van der Waals surface area contributed by atoms with Gasteiger partial charge in [0.2, 0.25) is 0 Å². The number of carbonyl (C=O) groups excluding carboxylic acids is 2. The number of carbonyl (C=O) groups is 3. The van der Waals surface area contributed by atoms with Crippen LogP contribution in [0.5, 0.6) is 0 Å². The zero-order valence-corrected chi connectivity index (χ0v) is 5.01. The van der Waals surface area contributed by atoms with Gasteiger partial charge in [-0.05, 0) is 0 Å². The van der Waals surface area contributed by atoms with E-state index in [1.807, 2.05) is 0 Å². The van der Waals surface area contributed by atoms with E-state index in [2.05, 4.69) is 12.6 Å². The average molecular weight is 149 g/mol. The Morgan fingerprint density at radius 2 is 1.78 bits per heavy atom. The Morgan fingerprint density at radius 3 is 1.89 bits per heavy atom. The minimum Gasteiger partial charge on any atom is -0.474 e. The van der Waals surface area contributed by atoms with Crippen LogP contribution in [-0.2, 0) is 9.59 Å². The topological polar surface area (TPSA) is 83.5 Å². The standard InChI is InChI=1S/C3H3NO4S/c5-1(2(6)7)4-3(8)9/h(H,6,7)(H2,4,5,8,9). The molecule has 0 aliphatic rings. The lowest BCUT2D eigenvalue weighted by atomic mass is 10.6. The van der Waals surface area contributed by atoms with Crippen LogP contribution in [0.3, 0.4) is 0 Å². The van der Waals surface area contributed by atoms with E-state index in [0.29, 0.717) is 0 Å². The predicted molar refractivity (Wildman–Crippen MR) is 30.2 cm³/mol. The van der Waals surface area contributed by atoms with Crippen LogP contribution < -0.4 is 5.32 Å². The molecule has 2 N–H and O–H groups in total. The molecule has 0 heterocycles. The molecule has 0 fully saturated rings. The Hall–Kier alpha value is -1.04. The van der Waals surface area contributed by atoms with Gasteiger partial charge in [-0.3, -0.25) is 14.9 Å². The summed E-state index contributed by atoms with van der Waals surface area (Å²) in [5, 5.41) is 8.28. The molecule has 5 nitrogen and oxygen atoms in total. The first-order valence-corrected chi connectivity index (χ1v) is 2.26. The third-order valence-electron chi connectivity index (χ3n) is 0.415. The smallest absolute Gasteiger partial charge is 0.394 e. The molecule has 0 unspecified atom stereocenters. The fourth-order valence-electron chi connectivity index (χ4n) is 0.151. The highest BCUT2D eigenvalue weighted by atomic mass is 32.1. The number of imide groups is 1. The molecule has 0 atom stereocenters. The minimum atomic E-state index is -1.71. The van der Waals surface area contributed by atoms with Crippen molar-refractivity contribution in [1.29, 1.82) is 0 Å². The Balaban J connectivity index is 3.79. The highest BCUT2D eigenvalue weighted by Crippen LogP contribution is 1.75.